The van der Waals surface area contributed by atoms with Gasteiger partial charge in [-0.25, -0.2) is 4.79 Å². The molecule has 1 unspecified atom stereocenters. The molecule has 1 aliphatic heterocycles. The van der Waals surface area contributed by atoms with Crippen LogP contribution in [0.4, 0.5) is 0 Å². The normalized spacial score (nSPS) is 20.9. The molecule has 102 valence electrons. The Morgan fingerprint density at radius 3 is 2.47 bits per heavy atom. The highest BCUT2D eigenvalue weighted by molar-refractivity contribution is 5.90. The van der Waals surface area contributed by atoms with Gasteiger partial charge in [-0.05, 0) is 45.2 Å². The molecule has 0 saturated carbocycles. The van der Waals surface area contributed by atoms with Gasteiger partial charge < -0.3 is 9.47 Å². The van der Waals surface area contributed by atoms with Crippen LogP contribution in [-0.4, -0.2) is 12.1 Å². The third kappa shape index (κ3) is 2.98. The first-order chi connectivity index (χ1) is 8.99. The number of esters is 1. The summed E-state index contributed by atoms with van der Waals surface area (Å²) in [5.74, 6) is 1.10. The number of carbonyl (C=O) groups excluding carboxylic acids is 1. The lowest BCUT2D eigenvalue weighted by Gasteiger charge is -2.12. The van der Waals surface area contributed by atoms with Crippen LogP contribution in [0.1, 0.15) is 37.8 Å². The summed E-state index contributed by atoms with van der Waals surface area (Å²) in [6.45, 7) is 7.65. The van der Waals surface area contributed by atoms with Crippen LogP contribution in [0.3, 0.4) is 0 Å². The van der Waals surface area contributed by atoms with Crippen molar-refractivity contribution >= 4 is 5.97 Å². The number of carbonyl (C=O) groups is 1. The zero-order valence-corrected chi connectivity index (χ0v) is 11.9. The highest BCUT2D eigenvalue weighted by Crippen LogP contribution is 2.28. The summed E-state index contributed by atoms with van der Waals surface area (Å²) in [5, 5.41) is 0. The van der Waals surface area contributed by atoms with Gasteiger partial charge >= 0.3 is 5.97 Å². The molecule has 3 heteroatoms. The fraction of sp³-hybridized carbons (Fsp3) is 0.438. The maximum Gasteiger partial charge on any atom is 0.342 e. The van der Waals surface area contributed by atoms with Crippen molar-refractivity contribution in [1.29, 1.82) is 0 Å². The lowest BCUT2D eigenvalue weighted by Crippen LogP contribution is -2.13. The Morgan fingerprint density at radius 1 is 1.32 bits per heavy atom. The number of aryl methyl sites for hydroxylation is 2. The molecule has 0 aromatic heterocycles. The van der Waals surface area contributed by atoms with Crippen LogP contribution in [0.25, 0.3) is 0 Å². The SMILES string of the molecule is C/C(C(=O)Oc1c(C)cccc1C)=C1\CCC(C)O1. The average molecular weight is 260 g/mol. The molecule has 19 heavy (non-hydrogen) atoms. The fourth-order valence-electron chi connectivity index (χ4n) is 2.21. The van der Waals surface area contributed by atoms with Crippen LogP contribution in [0.2, 0.25) is 0 Å². The number of para-hydroxylation sites is 1. The minimum atomic E-state index is -0.318. The number of hydrogen-bond acceptors (Lipinski definition) is 3. The van der Waals surface area contributed by atoms with Crippen LogP contribution in [0.5, 0.6) is 5.75 Å². The predicted molar refractivity (Wildman–Crippen MR) is 74.0 cm³/mol. The molecular formula is C16H20O3. The molecule has 1 aromatic rings. The fourth-order valence-corrected chi connectivity index (χ4v) is 2.21. The van der Waals surface area contributed by atoms with Crippen molar-refractivity contribution in [1.82, 2.24) is 0 Å². The average Bonchev–Trinajstić information content (AvgIpc) is 2.79. The van der Waals surface area contributed by atoms with E-state index in [9.17, 15) is 4.79 Å². The van der Waals surface area contributed by atoms with E-state index in [1.54, 1.807) is 6.92 Å². The Kier molecular flexibility index (Phi) is 3.93. The smallest absolute Gasteiger partial charge is 0.342 e. The Hall–Kier alpha value is -1.77. The van der Waals surface area contributed by atoms with E-state index < -0.39 is 0 Å². The minimum Gasteiger partial charge on any atom is -0.495 e. The van der Waals surface area contributed by atoms with Gasteiger partial charge in [-0.3, -0.25) is 0 Å². The summed E-state index contributed by atoms with van der Waals surface area (Å²) in [6, 6.07) is 5.83. The molecular weight excluding hydrogens is 240 g/mol. The summed E-state index contributed by atoms with van der Waals surface area (Å²) in [7, 11) is 0. The largest absolute Gasteiger partial charge is 0.495 e. The molecule has 1 aliphatic rings. The highest BCUT2D eigenvalue weighted by Gasteiger charge is 2.22. The Morgan fingerprint density at radius 2 is 1.95 bits per heavy atom. The van der Waals surface area contributed by atoms with Gasteiger partial charge in [0.05, 0.1) is 11.7 Å². The first-order valence-electron chi connectivity index (χ1n) is 6.64. The van der Waals surface area contributed by atoms with E-state index >= 15 is 0 Å². The second-order valence-electron chi connectivity index (χ2n) is 5.13. The third-order valence-electron chi connectivity index (χ3n) is 3.45. The zero-order chi connectivity index (χ0) is 14.0. The second kappa shape index (κ2) is 5.47. The molecule has 1 atom stereocenters. The Balaban J connectivity index is 2.18. The monoisotopic (exact) mass is 260 g/mol. The quantitative estimate of drug-likeness (QED) is 0.462. The summed E-state index contributed by atoms with van der Waals surface area (Å²) < 4.78 is 11.1. The summed E-state index contributed by atoms with van der Waals surface area (Å²) in [6.07, 6.45) is 1.97. The van der Waals surface area contributed by atoms with Crippen LogP contribution in [0, 0.1) is 13.8 Å². The topological polar surface area (TPSA) is 35.5 Å². The first-order valence-corrected chi connectivity index (χ1v) is 6.64. The van der Waals surface area contributed by atoms with E-state index in [1.165, 1.54) is 0 Å². The van der Waals surface area contributed by atoms with Crippen molar-refractivity contribution in [2.24, 2.45) is 0 Å². The van der Waals surface area contributed by atoms with Crippen molar-refractivity contribution in [3.63, 3.8) is 0 Å². The van der Waals surface area contributed by atoms with Crippen LogP contribution < -0.4 is 4.74 Å². The van der Waals surface area contributed by atoms with E-state index in [2.05, 4.69) is 0 Å². The number of ether oxygens (including phenoxy) is 2. The molecule has 3 nitrogen and oxygen atoms in total. The Bertz CT molecular complexity index is 509. The number of rotatable bonds is 2. The lowest BCUT2D eigenvalue weighted by atomic mass is 10.1. The third-order valence-corrected chi connectivity index (χ3v) is 3.45. The van der Waals surface area contributed by atoms with E-state index in [-0.39, 0.29) is 12.1 Å². The molecule has 2 rings (SSSR count). The van der Waals surface area contributed by atoms with Gasteiger partial charge in [0, 0.05) is 6.42 Å². The molecule has 0 bridgehead atoms. The number of allylic oxidation sites excluding steroid dienone is 1. The van der Waals surface area contributed by atoms with Gasteiger partial charge in [0.25, 0.3) is 0 Å². The van der Waals surface area contributed by atoms with E-state index in [0.29, 0.717) is 11.3 Å². The maximum absolute atomic E-state index is 12.2. The van der Waals surface area contributed by atoms with Crippen LogP contribution >= 0.6 is 0 Å². The molecule has 1 saturated heterocycles. The first kappa shape index (κ1) is 13.7. The molecule has 1 fully saturated rings. The summed E-state index contributed by atoms with van der Waals surface area (Å²) in [5.41, 5.74) is 2.51. The van der Waals surface area contributed by atoms with Gasteiger partial charge in [0.15, 0.2) is 0 Å². The van der Waals surface area contributed by atoms with Gasteiger partial charge in [0.2, 0.25) is 0 Å². The molecule has 0 aliphatic carbocycles. The number of hydrogen-bond donors (Lipinski definition) is 0. The van der Waals surface area contributed by atoms with Crippen molar-refractivity contribution < 1.29 is 14.3 Å². The summed E-state index contributed by atoms with van der Waals surface area (Å²) in [4.78, 5) is 12.2. The van der Waals surface area contributed by atoms with E-state index in [0.717, 1.165) is 29.7 Å². The van der Waals surface area contributed by atoms with E-state index in [4.69, 9.17) is 9.47 Å². The molecule has 0 spiro atoms. The van der Waals surface area contributed by atoms with Crippen LogP contribution in [0.15, 0.2) is 29.5 Å². The maximum atomic E-state index is 12.2. The van der Waals surface area contributed by atoms with Crippen molar-refractivity contribution in [3.05, 3.63) is 40.7 Å². The highest BCUT2D eigenvalue weighted by atomic mass is 16.5. The van der Waals surface area contributed by atoms with Crippen molar-refractivity contribution in [2.45, 2.75) is 46.6 Å². The zero-order valence-electron chi connectivity index (χ0n) is 11.9. The van der Waals surface area contributed by atoms with Gasteiger partial charge in [0.1, 0.15) is 11.5 Å². The molecule has 0 radical (unpaired) electrons. The van der Waals surface area contributed by atoms with Gasteiger partial charge in [-0.2, -0.15) is 0 Å². The molecule has 1 aromatic carbocycles. The van der Waals surface area contributed by atoms with Crippen LogP contribution in [-0.2, 0) is 9.53 Å². The van der Waals surface area contributed by atoms with Crippen molar-refractivity contribution in [3.8, 4) is 5.75 Å². The lowest BCUT2D eigenvalue weighted by molar-refractivity contribution is -0.130. The molecule has 0 N–H and O–H groups in total. The molecule has 1 heterocycles. The second-order valence-corrected chi connectivity index (χ2v) is 5.13. The predicted octanol–water partition coefficient (Wildman–Crippen LogP) is 3.68. The standard InChI is InChI=1S/C16H20O3/c1-10-6-5-7-11(2)15(10)19-16(17)13(4)14-9-8-12(3)18-14/h5-7,12H,8-9H2,1-4H3/b14-13-. The Labute approximate surface area is 114 Å². The number of benzene rings is 1. The van der Waals surface area contributed by atoms with Gasteiger partial charge in [-0.15, -0.1) is 0 Å². The minimum absolute atomic E-state index is 0.193. The summed E-state index contributed by atoms with van der Waals surface area (Å²) >= 11 is 0. The molecule has 0 amide bonds. The van der Waals surface area contributed by atoms with E-state index in [1.807, 2.05) is 39.0 Å². The van der Waals surface area contributed by atoms with Crippen molar-refractivity contribution in [2.75, 3.05) is 0 Å². The van der Waals surface area contributed by atoms with Gasteiger partial charge in [-0.1, -0.05) is 18.2 Å².